The maximum absolute atomic E-state index is 12.6. The van der Waals surface area contributed by atoms with E-state index in [1.54, 1.807) is 12.4 Å². The molecule has 28 heavy (non-hydrogen) atoms. The van der Waals surface area contributed by atoms with E-state index in [0.717, 1.165) is 16.7 Å². The summed E-state index contributed by atoms with van der Waals surface area (Å²) in [6.07, 6.45) is 3.14. The minimum absolute atomic E-state index is 0.0293. The molecule has 0 aliphatic rings. The lowest BCUT2D eigenvalue weighted by molar-refractivity contribution is 0.369. The van der Waals surface area contributed by atoms with Crippen LogP contribution in [0.25, 0.3) is 17.1 Å². The zero-order valence-corrected chi connectivity index (χ0v) is 15.5. The minimum Gasteiger partial charge on any atom is -0.337 e. The Bertz CT molecular complexity index is 1250. The maximum Gasteiger partial charge on any atom is 0.320 e. The van der Waals surface area contributed by atoms with Crippen LogP contribution >= 0.6 is 0 Å². The molecule has 0 unspecified atom stereocenters. The largest absolute Gasteiger partial charge is 0.337 e. The normalized spacial score (nSPS) is 10.9. The third kappa shape index (κ3) is 3.29. The molecule has 4 rings (SSSR count). The Labute approximate surface area is 160 Å². The molecule has 0 saturated carbocycles. The van der Waals surface area contributed by atoms with E-state index in [2.05, 4.69) is 10.1 Å². The van der Waals surface area contributed by atoms with Crippen LogP contribution < -0.4 is 11.1 Å². The van der Waals surface area contributed by atoms with Crippen molar-refractivity contribution in [2.24, 2.45) is 0 Å². The van der Waals surface area contributed by atoms with Crippen LogP contribution in [0.15, 0.2) is 75.0 Å². The van der Waals surface area contributed by atoms with Crippen molar-refractivity contribution in [1.82, 2.24) is 19.3 Å². The summed E-state index contributed by atoms with van der Waals surface area (Å²) in [5.74, 6) is 0.692. The van der Waals surface area contributed by atoms with Gasteiger partial charge in [-0.15, -0.1) is 0 Å². The Morgan fingerprint density at radius 1 is 0.964 bits per heavy atom. The highest BCUT2D eigenvalue weighted by molar-refractivity contribution is 5.53. The zero-order chi connectivity index (χ0) is 19.7. The van der Waals surface area contributed by atoms with Gasteiger partial charge in [0, 0.05) is 18.0 Å². The lowest BCUT2D eigenvalue weighted by Gasteiger charge is -2.11. The molecule has 0 saturated heterocycles. The van der Waals surface area contributed by atoms with Crippen molar-refractivity contribution in [2.75, 3.05) is 0 Å². The van der Waals surface area contributed by atoms with Crippen LogP contribution in [-0.4, -0.2) is 19.3 Å². The number of nitrogens with zero attached hydrogens (tertiary/aromatic N) is 4. The van der Waals surface area contributed by atoms with Gasteiger partial charge in [-0.2, -0.15) is 4.98 Å². The Hall–Kier alpha value is -3.74. The third-order valence-corrected chi connectivity index (χ3v) is 4.49. The van der Waals surface area contributed by atoms with Gasteiger partial charge in [0.25, 0.3) is 0 Å². The Balaban J connectivity index is 1.67. The van der Waals surface area contributed by atoms with Gasteiger partial charge in [-0.25, -0.2) is 0 Å². The highest BCUT2D eigenvalue weighted by Crippen LogP contribution is 2.15. The van der Waals surface area contributed by atoms with Crippen molar-refractivity contribution >= 4 is 0 Å². The average molecular weight is 374 g/mol. The van der Waals surface area contributed by atoms with Crippen molar-refractivity contribution in [3.05, 3.63) is 98.6 Å². The molecule has 2 aromatic heterocycles. The molecule has 0 aliphatic carbocycles. The SMILES string of the molecule is Cc1ccc(C)c(-n2ccn(Cc3nc(-c4ccccc4)no3)c(=O)c2=O)c1. The van der Waals surface area contributed by atoms with Gasteiger partial charge >= 0.3 is 11.1 Å². The van der Waals surface area contributed by atoms with Gasteiger partial charge in [-0.05, 0) is 31.0 Å². The summed E-state index contributed by atoms with van der Waals surface area (Å²) in [6.45, 7) is 3.87. The van der Waals surface area contributed by atoms with E-state index in [9.17, 15) is 9.59 Å². The predicted molar refractivity (Wildman–Crippen MR) is 105 cm³/mol. The first-order valence-corrected chi connectivity index (χ1v) is 8.80. The summed E-state index contributed by atoms with van der Waals surface area (Å²) >= 11 is 0. The van der Waals surface area contributed by atoms with E-state index in [1.165, 1.54) is 9.13 Å². The second-order valence-corrected chi connectivity index (χ2v) is 6.57. The second kappa shape index (κ2) is 7.11. The number of hydrogen-bond acceptors (Lipinski definition) is 5. The number of aromatic nitrogens is 4. The minimum atomic E-state index is -0.650. The summed E-state index contributed by atoms with van der Waals surface area (Å²) in [5.41, 5.74) is 2.15. The molecule has 0 spiro atoms. The summed E-state index contributed by atoms with van der Waals surface area (Å²) < 4.78 is 7.87. The molecule has 0 radical (unpaired) electrons. The van der Waals surface area contributed by atoms with E-state index in [4.69, 9.17) is 4.52 Å². The van der Waals surface area contributed by atoms with Crippen LogP contribution in [-0.2, 0) is 6.54 Å². The average Bonchev–Trinajstić information content (AvgIpc) is 3.17. The Kier molecular flexibility index (Phi) is 4.49. The lowest BCUT2D eigenvalue weighted by atomic mass is 10.1. The highest BCUT2D eigenvalue weighted by Gasteiger charge is 2.13. The van der Waals surface area contributed by atoms with Gasteiger partial charge in [0.1, 0.15) is 6.54 Å². The quantitative estimate of drug-likeness (QED) is 0.513. The molecule has 0 amide bonds. The first-order chi connectivity index (χ1) is 13.5. The fraction of sp³-hybridized carbons (Fsp3) is 0.143. The molecule has 2 aromatic carbocycles. The van der Waals surface area contributed by atoms with Crippen molar-refractivity contribution in [1.29, 1.82) is 0 Å². The van der Waals surface area contributed by atoms with Crippen LogP contribution in [0.2, 0.25) is 0 Å². The fourth-order valence-electron chi connectivity index (χ4n) is 2.97. The van der Waals surface area contributed by atoms with Crippen molar-refractivity contribution in [3.8, 4) is 17.1 Å². The van der Waals surface area contributed by atoms with Crippen molar-refractivity contribution in [3.63, 3.8) is 0 Å². The van der Waals surface area contributed by atoms with Gasteiger partial charge in [-0.1, -0.05) is 47.6 Å². The Morgan fingerprint density at radius 3 is 2.54 bits per heavy atom. The van der Waals surface area contributed by atoms with E-state index < -0.39 is 11.1 Å². The summed E-state index contributed by atoms with van der Waals surface area (Å²) in [5, 5.41) is 3.94. The molecular formula is C21H18N4O3. The summed E-state index contributed by atoms with van der Waals surface area (Å²) in [7, 11) is 0. The van der Waals surface area contributed by atoms with Crippen LogP contribution in [0, 0.1) is 13.8 Å². The number of benzene rings is 2. The van der Waals surface area contributed by atoms with Gasteiger partial charge in [0.05, 0.1) is 5.69 Å². The standard InChI is InChI=1S/C21H18N4O3/c1-14-8-9-15(2)17(12-14)25-11-10-24(20(26)21(25)27)13-18-22-19(23-28-18)16-6-4-3-5-7-16/h3-12H,13H2,1-2H3. The topological polar surface area (TPSA) is 82.9 Å². The predicted octanol–water partition coefficient (Wildman–Crippen LogP) is 2.71. The molecule has 4 aromatic rings. The molecule has 7 heteroatoms. The maximum atomic E-state index is 12.6. The van der Waals surface area contributed by atoms with Crippen molar-refractivity contribution < 1.29 is 4.52 Å². The van der Waals surface area contributed by atoms with Crippen molar-refractivity contribution in [2.45, 2.75) is 20.4 Å². The van der Waals surface area contributed by atoms with Gasteiger partial charge in [0.15, 0.2) is 0 Å². The van der Waals surface area contributed by atoms with Gasteiger partial charge < -0.3 is 4.52 Å². The van der Waals surface area contributed by atoms with E-state index in [1.807, 2.05) is 62.4 Å². The van der Waals surface area contributed by atoms with Gasteiger partial charge in [0.2, 0.25) is 11.7 Å². The number of rotatable bonds is 4. The van der Waals surface area contributed by atoms with E-state index in [0.29, 0.717) is 11.5 Å². The smallest absolute Gasteiger partial charge is 0.320 e. The molecule has 0 atom stereocenters. The number of hydrogen-bond donors (Lipinski definition) is 0. The lowest BCUT2D eigenvalue weighted by Crippen LogP contribution is -2.40. The summed E-state index contributed by atoms with van der Waals surface area (Å²) in [4.78, 5) is 29.5. The Morgan fingerprint density at radius 2 is 1.75 bits per heavy atom. The van der Waals surface area contributed by atoms with Crippen LogP contribution in [0.4, 0.5) is 0 Å². The molecule has 2 heterocycles. The van der Waals surface area contributed by atoms with E-state index >= 15 is 0 Å². The molecule has 0 bridgehead atoms. The fourth-order valence-corrected chi connectivity index (χ4v) is 2.97. The third-order valence-electron chi connectivity index (χ3n) is 4.49. The van der Waals surface area contributed by atoms with Crippen LogP contribution in [0.1, 0.15) is 17.0 Å². The zero-order valence-electron chi connectivity index (χ0n) is 15.5. The molecular weight excluding hydrogens is 356 g/mol. The first kappa shape index (κ1) is 17.7. The number of aryl methyl sites for hydroxylation is 2. The van der Waals surface area contributed by atoms with Gasteiger partial charge in [-0.3, -0.25) is 18.7 Å². The van der Waals surface area contributed by atoms with E-state index in [-0.39, 0.29) is 12.4 Å². The highest BCUT2D eigenvalue weighted by atomic mass is 16.5. The second-order valence-electron chi connectivity index (χ2n) is 6.57. The molecule has 7 nitrogen and oxygen atoms in total. The summed E-state index contributed by atoms with van der Waals surface area (Å²) in [6, 6.07) is 15.2. The first-order valence-electron chi connectivity index (χ1n) is 8.80. The van der Waals surface area contributed by atoms with Crippen LogP contribution in [0.3, 0.4) is 0 Å². The van der Waals surface area contributed by atoms with Crippen LogP contribution in [0.5, 0.6) is 0 Å². The monoisotopic (exact) mass is 374 g/mol. The molecule has 0 fully saturated rings. The molecule has 0 aliphatic heterocycles. The molecule has 140 valence electrons. The molecule has 0 N–H and O–H groups in total.